The van der Waals surface area contributed by atoms with Crippen LogP contribution in [-0.2, 0) is 17.8 Å². The highest BCUT2D eigenvalue weighted by atomic mass is 32.1. The first-order valence-electron chi connectivity index (χ1n) is 10.9. The van der Waals surface area contributed by atoms with Crippen molar-refractivity contribution >= 4 is 17.2 Å². The summed E-state index contributed by atoms with van der Waals surface area (Å²) in [7, 11) is 0. The van der Waals surface area contributed by atoms with Crippen LogP contribution < -0.4 is 5.32 Å². The van der Waals surface area contributed by atoms with Gasteiger partial charge in [-0.15, -0.1) is 11.3 Å². The van der Waals surface area contributed by atoms with Crippen molar-refractivity contribution in [3.8, 4) is 10.7 Å². The Morgan fingerprint density at radius 3 is 2.65 bits per heavy atom. The van der Waals surface area contributed by atoms with Crippen LogP contribution in [0.15, 0.2) is 52.4 Å². The lowest BCUT2D eigenvalue weighted by Crippen LogP contribution is -2.46. The predicted octanol–water partition coefficient (Wildman–Crippen LogP) is 3.05. The van der Waals surface area contributed by atoms with Crippen LogP contribution in [0.25, 0.3) is 10.7 Å². The van der Waals surface area contributed by atoms with Gasteiger partial charge in [0.1, 0.15) is 0 Å². The number of aryl methyl sites for hydroxylation is 1. The summed E-state index contributed by atoms with van der Waals surface area (Å²) < 4.78 is 5.24. The van der Waals surface area contributed by atoms with E-state index in [2.05, 4.69) is 55.6 Å². The van der Waals surface area contributed by atoms with Crippen molar-refractivity contribution in [3.63, 3.8) is 0 Å². The second-order valence-electron chi connectivity index (χ2n) is 7.80. The van der Waals surface area contributed by atoms with E-state index < -0.39 is 0 Å². The minimum atomic E-state index is 0.0311. The summed E-state index contributed by atoms with van der Waals surface area (Å²) in [6, 6.07) is 14.6. The average Bonchev–Trinajstić information content (AvgIpc) is 3.49. The molecule has 164 valence electrons. The van der Waals surface area contributed by atoms with Crippen molar-refractivity contribution in [1.82, 2.24) is 25.3 Å². The maximum atomic E-state index is 12.1. The molecule has 1 aliphatic rings. The molecule has 0 spiro atoms. The van der Waals surface area contributed by atoms with Crippen molar-refractivity contribution in [2.75, 3.05) is 39.3 Å². The fourth-order valence-electron chi connectivity index (χ4n) is 3.71. The van der Waals surface area contributed by atoms with E-state index in [9.17, 15) is 4.79 Å². The number of carbonyl (C=O) groups is 1. The third kappa shape index (κ3) is 6.72. The van der Waals surface area contributed by atoms with Crippen LogP contribution in [-0.4, -0.2) is 65.1 Å². The molecule has 2 aromatic heterocycles. The lowest BCUT2D eigenvalue weighted by atomic mass is 10.2. The minimum Gasteiger partial charge on any atom is -0.356 e. The largest absolute Gasteiger partial charge is 0.356 e. The van der Waals surface area contributed by atoms with Crippen molar-refractivity contribution in [3.05, 3.63) is 59.3 Å². The molecule has 0 saturated carbocycles. The molecule has 1 N–H and O–H groups in total. The first kappa shape index (κ1) is 21.7. The van der Waals surface area contributed by atoms with Crippen molar-refractivity contribution in [2.24, 2.45) is 0 Å². The van der Waals surface area contributed by atoms with E-state index >= 15 is 0 Å². The zero-order valence-corrected chi connectivity index (χ0v) is 18.5. The number of hydrogen-bond acceptors (Lipinski definition) is 7. The third-order valence-corrected chi connectivity index (χ3v) is 6.33. The van der Waals surface area contributed by atoms with Crippen LogP contribution in [0.1, 0.15) is 24.3 Å². The lowest BCUT2D eigenvalue weighted by molar-refractivity contribution is -0.121. The number of nitrogens with zero attached hydrogens (tertiary/aromatic N) is 4. The van der Waals surface area contributed by atoms with Gasteiger partial charge >= 0.3 is 0 Å². The zero-order valence-electron chi connectivity index (χ0n) is 17.7. The van der Waals surface area contributed by atoms with E-state index in [1.165, 1.54) is 5.56 Å². The number of hydrogen-bond donors (Lipinski definition) is 1. The molecule has 4 rings (SSSR count). The first-order chi connectivity index (χ1) is 15.3. The van der Waals surface area contributed by atoms with Gasteiger partial charge in [0.2, 0.25) is 17.6 Å². The molecule has 1 aromatic carbocycles. The molecule has 1 aliphatic heterocycles. The van der Waals surface area contributed by atoms with Crippen LogP contribution in [0.2, 0.25) is 0 Å². The van der Waals surface area contributed by atoms with Crippen molar-refractivity contribution < 1.29 is 9.32 Å². The Morgan fingerprint density at radius 2 is 1.87 bits per heavy atom. The molecule has 3 aromatic rings. The Bertz CT molecular complexity index is 921. The van der Waals surface area contributed by atoms with E-state index in [1.807, 2.05) is 17.5 Å². The molecular weight excluding hydrogens is 410 g/mol. The van der Waals surface area contributed by atoms with E-state index in [0.717, 1.165) is 50.6 Å². The van der Waals surface area contributed by atoms with E-state index in [0.29, 0.717) is 31.1 Å². The molecule has 0 atom stereocenters. The van der Waals surface area contributed by atoms with Crippen LogP contribution in [0.5, 0.6) is 0 Å². The molecule has 31 heavy (non-hydrogen) atoms. The number of rotatable bonds is 10. The van der Waals surface area contributed by atoms with Crippen LogP contribution >= 0.6 is 11.3 Å². The number of aromatic nitrogens is 2. The Hall–Kier alpha value is -2.55. The van der Waals surface area contributed by atoms with Gasteiger partial charge in [-0.3, -0.25) is 9.69 Å². The summed E-state index contributed by atoms with van der Waals surface area (Å²) in [6.07, 6.45) is 1.80. The van der Waals surface area contributed by atoms with Gasteiger partial charge in [0, 0.05) is 52.1 Å². The van der Waals surface area contributed by atoms with Gasteiger partial charge in [0.05, 0.1) is 4.88 Å². The van der Waals surface area contributed by atoms with E-state index in [4.69, 9.17) is 4.52 Å². The third-order valence-electron chi connectivity index (χ3n) is 5.46. The number of thiophene rings is 1. The van der Waals surface area contributed by atoms with Gasteiger partial charge in [-0.25, -0.2) is 0 Å². The molecule has 1 fully saturated rings. The first-order valence-corrected chi connectivity index (χ1v) is 11.8. The Kier molecular flexibility index (Phi) is 7.81. The molecule has 1 saturated heterocycles. The summed E-state index contributed by atoms with van der Waals surface area (Å²) in [4.78, 5) is 22.4. The maximum Gasteiger partial charge on any atom is 0.227 e. The monoisotopic (exact) mass is 439 g/mol. The second-order valence-corrected chi connectivity index (χ2v) is 8.74. The molecule has 7 nitrogen and oxygen atoms in total. The standard InChI is InChI=1S/C23H29N5O2S/c29-21(9-10-22-25-23(26-30-22)20-8-4-17-31-20)24-11-5-12-27-13-15-28(16-14-27)18-19-6-2-1-3-7-19/h1-4,6-8,17H,5,9-16,18H2,(H,24,29). The molecule has 3 heterocycles. The zero-order chi connectivity index (χ0) is 21.3. The van der Waals surface area contributed by atoms with Gasteiger partial charge in [0.25, 0.3) is 0 Å². The molecule has 1 amide bonds. The van der Waals surface area contributed by atoms with Crippen molar-refractivity contribution in [2.45, 2.75) is 25.8 Å². The highest BCUT2D eigenvalue weighted by molar-refractivity contribution is 7.13. The minimum absolute atomic E-state index is 0.0311. The fraction of sp³-hybridized carbons (Fsp3) is 0.435. The smallest absolute Gasteiger partial charge is 0.227 e. The van der Waals surface area contributed by atoms with Crippen molar-refractivity contribution in [1.29, 1.82) is 0 Å². The summed E-state index contributed by atoms with van der Waals surface area (Å²) in [5.41, 5.74) is 1.38. The molecular formula is C23H29N5O2S. The van der Waals surface area contributed by atoms with E-state index in [-0.39, 0.29) is 5.91 Å². The van der Waals surface area contributed by atoms with E-state index in [1.54, 1.807) is 11.3 Å². The quantitative estimate of drug-likeness (QED) is 0.490. The van der Waals surface area contributed by atoms with Crippen LogP contribution in [0, 0.1) is 0 Å². The Labute approximate surface area is 187 Å². The highest BCUT2D eigenvalue weighted by Crippen LogP contribution is 2.21. The number of nitrogens with one attached hydrogen (secondary N) is 1. The van der Waals surface area contributed by atoms with Gasteiger partial charge in [-0.1, -0.05) is 41.6 Å². The molecule has 0 radical (unpaired) electrons. The predicted molar refractivity (Wildman–Crippen MR) is 122 cm³/mol. The summed E-state index contributed by atoms with van der Waals surface area (Å²) in [5, 5.41) is 8.96. The molecule has 0 bridgehead atoms. The average molecular weight is 440 g/mol. The molecule has 0 aliphatic carbocycles. The summed E-state index contributed by atoms with van der Waals surface area (Å²) in [6.45, 7) is 7.12. The number of amides is 1. The fourth-order valence-corrected chi connectivity index (χ4v) is 4.36. The Balaban J connectivity index is 1.06. The van der Waals surface area contributed by atoms with Gasteiger partial charge in [-0.05, 0) is 30.0 Å². The van der Waals surface area contributed by atoms with Gasteiger partial charge in [-0.2, -0.15) is 4.98 Å². The number of piperazine rings is 1. The molecule has 0 unspecified atom stereocenters. The van der Waals surface area contributed by atoms with Crippen LogP contribution in [0.4, 0.5) is 0 Å². The number of benzene rings is 1. The summed E-state index contributed by atoms with van der Waals surface area (Å²) >= 11 is 1.57. The maximum absolute atomic E-state index is 12.1. The summed E-state index contributed by atoms with van der Waals surface area (Å²) in [5.74, 6) is 1.13. The number of carbonyl (C=O) groups excluding carboxylic acids is 1. The Morgan fingerprint density at radius 1 is 1.06 bits per heavy atom. The topological polar surface area (TPSA) is 74.5 Å². The second kappa shape index (κ2) is 11.2. The van der Waals surface area contributed by atoms with Crippen LogP contribution in [0.3, 0.4) is 0 Å². The lowest BCUT2D eigenvalue weighted by Gasteiger charge is -2.34. The SMILES string of the molecule is O=C(CCc1nc(-c2cccs2)no1)NCCCN1CCN(Cc2ccccc2)CC1. The highest BCUT2D eigenvalue weighted by Gasteiger charge is 2.16. The van der Waals surface area contributed by atoms with Gasteiger partial charge in [0.15, 0.2) is 0 Å². The normalized spacial score (nSPS) is 15.2. The van der Waals surface area contributed by atoms with Gasteiger partial charge < -0.3 is 14.7 Å². The molecule has 8 heteroatoms.